The Morgan fingerprint density at radius 2 is 1.30 bits per heavy atom. The number of hydrogen-bond donors (Lipinski definition) is 5. The van der Waals surface area contributed by atoms with E-state index in [2.05, 4.69) is 21.2 Å². The van der Waals surface area contributed by atoms with Crippen molar-refractivity contribution in [3.05, 3.63) is 60.7 Å². The summed E-state index contributed by atoms with van der Waals surface area (Å²) in [6, 6.07) is 19.2. The van der Waals surface area contributed by atoms with Gasteiger partial charge < -0.3 is 16.4 Å². The summed E-state index contributed by atoms with van der Waals surface area (Å²) in [5.74, 6) is 0.213. The molecule has 2 rings (SSSR count). The molecule has 0 unspecified atom stereocenters. The summed E-state index contributed by atoms with van der Waals surface area (Å²) in [4.78, 5) is 0. The van der Waals surface area contributed by atoms with Gasteiger partial charge in [-0.15, -0.1) is 5.10 Å². The van der Waals surface area contributed by atoms with E-state index in [9.17, 15) is 0 Å². The predicted molar refractivity (Wildman–Crippen MR) is 82.6 cm³/mol. The molecule has 0 heterocycles. The highest BCUT2D eigenvalue weighted by atomic mass is 15.4. The molecule has 2 aromatic carbocycles. The van der Waals surface area contributed by atoms with Gasteiger partial charge in [0.05, 0.1) is 0 Å². The van der Waals surface area contributed by atoms with Crippen LogP contribution >= 0.6 is 0 Å². The fraction of sp³-hybridized carbons (Fsp3) is 0. The minimum absolute atomic E-state index is 0.229. The van der Waals surface area contributed by atoms with Crippen LogP contribution in [0.2, 0.25) is 0 Å². The van der Waals surface area contributed by atoms with E-state index in [1.807, 2.05) is 60.7 Å². The summed E-state index contributed by atoms with van der Waals surface area (Å²) in [5, 5.41) is 17.4. The first kappa shape index (κ1) is 13.4. The first-order valence-corrected chi connectivity index (χ1v) is 6.06. The molecule has 0 radical (unpaired) electrons. The Morgan fingerprint density at radius 3 is 1.70 bits per heavy atom. The van der Waals surface area contributed by atoms with Crippen molar-refractivity contribution in [1.82, 2.24) is 5.43 Å². The van der Waals surface area contributed by atoms with E-state index in [-0.39, 0.29) is 5.96 Å². The topological polar surface area (TPSA) is 98.3 Å². The highest BCUT2D eigenvalue weighted by Crippen LogP contribution is 2.08. The van der Waals surface area contributed by atoms with Gasteiger partial charge in [-0.2, -0.15) is 0 Å². The second-order valence-electron chi connectivity index (χ2n) is 3.97. The van der Waals surface area contributed by atoms with Crippen LogP contribution in [-0.4, -0.2) is 11.9 Å². The second kappa shape index (κ2) is 6.79. The number of rotatable bonds is 3. The number of anilines is 2. The van der Waals surface area contributed by atoms with Crippen LogP contribution in [0.25, 0.3) is 0 Å². The number of hydrazone groups is 1. The molecule has 0 aromatic heterocycles. The minimum atomic E-state index is -0.229. The maximum Gasteiger partial charge on any atom is 0.223 e. The summed E-state index contributed by atoms with van der Waals surface area (Å²) in [6.07, 6.45) is 0. The van der Waals surface area contributed by atoms with Crippen molar-refractivity contribution in [2.75, 3.05) is 10.6 Å². The lowest BCUT2D eigenvalue weighted by Crippen LogP contribution is -2.31. The quantitative estimate of drug-likeness (QED) is 0.334. The van der Waals surface area contributed by atoms with E-state index in [0.717, 1.165) is 11.4 Å². The van der Waals surface area contributed by atoms with Gasteiger partial charge in [-0.25, -0.2) is 5.43 Å². The molecule has 0 aliphatic heterocycles. The molecular formula is C14H16N6. The zero-order chi connectivity index (χ0) is 14.2. The lowest BCUT2D eigenvalue weighted by Gasteiger charge is -2.12. The Bertz CT molecular complexity index is 536. The molecule has 0 atom stereocenters. The van der Waals surface area contributed by atoms with Crippen molar-refractivity contribution >= 4 is 23.3 Å². The van der Waals surface area contributed by atoms with E-state index in [0.29, 0.717) is 5.96 Å². The Labute approximate surface area is 117 Å². The molecular weight excluding hydrogens is 252 g/mol. The molecule has 6 heteroatoms. The van der Waals surface area contributed by atoms with Gasteiger partial charge in [0.1, 0.15) is 0 Å². The molecule has 0 amide bonds. The van der Waals surface area contributed by atoms with E-state index < -0.39 is 0 Å². The highest BCUT2D eigenvalue weighted by molar-refractivity contribution is 6.03. The van der Waals surface area contributed by atoms with Crippen LogP contribution in [0.5, 0.6) is 0 Å². The van der Waals surface area contributed by atoms with Crippen molar-refractivity contribution in [2.24, 2.45) is 10.8 Å². The molecule has 20 heavy (non-hydrogen) atoms. The Morgan fingerprint density at radius 1 is 0.850 bits per heavy atom. The summed E-state index contributed by atoms with van der Waals surface area (Å²) < 4.78 is 0. The summed E-state index contributed by atoms with van der Waals surface area (Å²) in [5.41, 5.74) is 9.40. The lowest BCUT2D eigenvalue weighted by atomic mass is 10.3. The average Bonchev–Trinajstić information content (AvgIpc) is 2.47. The van der Waals surface area contributed by atoms with Gasteiger partial charge >= 0.3 is 0 Å². The normalized spacial score (nSPS) is 9.40. The summed E-state index contributed by atoms with van der Waals surface area (Å²) >= 11 is 0. The zero-order valence-corrected chi connectivity index (χ0v) is 10.8. The van der Waals surface area contributed by atoms with Gasteiger partial charge in [-0.3, -0.25) is 5.41 Å². The van der Waals surface area contributed by atoms with Gasteiger partial charge in [0.2, 0.25) is 11.9 Å². The van der Waals surface area contributed by atoms with Crippen molar-refractivity contribution in [3.63, 3.8) is 0 Å². The third-order valence-corrected chi connectivity index (χ3v) is 2.36. The van der Waals surface area contributed by atoms with Crippen LogP contribution in [0.1, 0.15) is 0 Å². The number of nitrogens with zero attached hydrogens (tertiary/aromatic N) is 1. The van der Waals surface area contributed by atoms with Gasteiger partial charge in [-0.05, 0) is 24.3 Å². The number of nitrogens with one attached hydrogen (secondary N) is 4. The molecule has 2 aromatic rings. The molecule has 0 bridgehead atoms. The van der Waals surface area contributed by atoms with Gasteiger partial charge in [0, 0.05) is 11.4 Å². The van der Waals surface area contributed by atoms with E-state index >= 15 is 0 Å². The second-order valence-corrected chi connectivity index (χ2v) is 3.97. The fourth-order valence-electron chi connectivity index (χ4n) is 1.52. The molecule has 0 saturated carbocycles. The van der Waals surface area contributed by atoms with Crippen molar-refractivity contribution < 1.29 is 0 Å². The number of hydrogen-bond acceptors (Lipinski definition) is 2. The maximum atomic E-state index is 7.15. The Hall–Kier alpha value is -3.02. The number of para-hydroxylation sites is 2. The lowest BCUT2D eigenvalue weighted by molar-refractivity contribution is 0.991. The SMILES string of the molecule is N=C(N)NN=C(Nc1ccccc1)Nc1ccccc1. The van der Waals surface area contributed by atoms with Crippen LogP contribution in [0.3, 0.4) is 0 Å². The van der Waals surface area contributed by atoms with Crippen molar-refractivity contribution in [3.8, 4) is 0 Å². The van der Waals surface area contributed by atoms with Crippen LogP contribution in [-0.2, 0) is 0 Å². The molecule has 0 aliphatic carbocycles. The predicted octanol–water partition coefficient (Wildman–Crippen LogP) is 1.96. The van der Waals surface area contributed by atoms with Crippen LogP contribution in [0, 0.1) is 5.41 Å². The largest absolute Gasteiger partial charge is 0.369 e. The van der Waals surface area contributed by atoms with Gasteiger partial charge in [0.15, 0.2) is 0 Å². The third-order valence-electron chi connectivity index (χ3n) is 2.36. The number of guanidine groups is 2. The fourth-order valence-corrected chi connectivity index (χ4v) is 1.52. The summed E-state index contributed by atoms with van der Waals surface area (Å²) in [6.45, 7) is 0. The standard InChI is InChI=1S/C14H16N6/c15-13(16)19-20-14(17-11-7-3-1-4-8-11)18-12-9-5-2-6-10-12/h1-10H,(H4,15,16,19)(H2,17,18,20). The third kappa shape index (κ3) is 4.34. The number of nitrogens with two attached hydrogens (primary N) is 1. The summed E-state index contributed by atoms with van der Waals surface area (Å²) in [7, 11) is 0. The van der Waals surface area contributed by atoms with Crippen molar-refractivity contribution in [1.29, 1.82) is 5.41 Å². The molecule has 0 fully saturated rings. The van der Waals surface area contributed by atoms with Crippen LogP contribution < -0.4 is 21.8 Å². The zero-order valence-electron chi connectivity index (χ0n) is 10.8. The van der Waals surface area contributed by atoms with E-state index in [1.54, 1.807) is 0 Å². The Balaban J connectivity index is 2.12. The minimum Gasteiger partial charge on any atom is -0.369 e. The number of benzene rings is 2. The molecule has 102 valence electrons. The van der Waals surface area contributed by atoms with Crippen molar-refractivity contribution in [2.45, 2.75) is 0 Å². The molecule has 0 spiro atoms. The molecule has 0 aliphatic rings. The van der Waals surface area contributed by atoms with Gasteiger partial charge in [0.25, 0.3) is 0 Å². The average molecular weight is 268 g/mol. The van der Waals surface area contributed by atoms with E-state index in [1.165, 1.54) is 0 Å². The first-order chi connectivity index (χ1) is 9.74. The molecule has 0 saturated heterocycles. The van der Waals surface area contributed by atoms with Gasteiger partial charge in [-0.1, -0.05) is 36.4 Å². The highest BCUT2D eigenvalue weighted by Gasteiger charge is 2.01. The van der Waals surface area contributed by atoms with Crippen LogP contribution in [0.15, 0.2) is 65.8 Å². The molecule has 6 N–H and O–H groups in total. The first-order valence-electron chi connectivity index (χ1n) is 6.06. The maximum absolute atomic E-state index is 7.15. The smallest absolute Gasteiger partial charge is 0.223 e. The Kier molecular flexibility index (Phi) is 4.55. The van der Waals surface area contributed by atoms with Crippen LogP contribution in [0.4, 0.5) is 11.4 Å². The van der Waals surface area contributed by atoms with E-state index in [4.69, 9.17) is 11.1 Å². The molecule has 6 nitrogen and oxygen atoms in total. The monoisotopic (exact) mass is 268 g/mol.